The summed E-state index contributed by atoms with van der Waals surface area (Å²) < 4.78 is 7.87. The average Bonchev–Trinajstić information content (AvgIpc) is 3.10. The second kappa shape index (κ2) is 5.40. The largest absolute Gasteiger partial charge is 0.385 e. The molecule has 0 unspecified atom stereocenters. The Bertz CT molecular complexity index is 509. The van der Waals surface area contributed by atoms with Crippen molar-refractivity contribution in [1.82, 2.24) is 14.9 Å². The molecule has 4 heteroatoms. The summed E-state index contributed by atoms with van der Waals surface area (Å²) in [6.07, 6.45) is 4.97. The molecule has 4 nitrogen and oxygen atoms in total. The van der Waals surface area contributed by atoms with Gasteiger partial charge < -0.3 is 14.6 Å². The summed E-state index contributed by atoms with van der Waals surface area (Å²) in [4.78, 5) is 4.98. The fraction of sp³-hybridized carbons (Fsp3) is 0.824. The summed E-state index contributed by atoms with van der Waals surface area (Å²) >= 11 is 0. The first-order valence-corrected chi connectivity index (χ1v) is 8.24. The lowest BCUT2D eigenvalue weighted by Gasteiger charge is -2.25. The predicted molar refractivity (Wildman–Crippen MR) is 84.5 cm³/mol. The standard InChI is InChI=1S/C17H29N3O/c1-16(2,3)15-19-13-11-18-9-5-14(13)20(15)12-17(6-7-17)8-10-21-4/h18H,5-12H2,1-4H3. The van der Waals surface area contributed by atoms with Crippen molar-refractivity contribution in [1.29, 1.82) is 0 Å². The average molecular weight is 291 g/mol. The highest BCUT2D eigenvalue weighted by Gasteiger charge is 2.44. The molecule has 1 fully saturated rings. The number of hydrogen-bond donors (Lipinski definition) is 1. The third kappa shape index (κ3) is 3.02. The molecule has 0 aromatic carbocycles. The minimum atomic E-state index is 0.106. The van der Waals surface area contributed by atoms with E-state index in [0.717, 1.165) is 32.7 Å². The molecule has 1 aromatic rings. The highest BCUT2D eigenvalue weighted by Crippen LogP contribution is 2.51. The molecule has 0 radical (unpaired) electrons. The fourth-order valence-corrected chi connectivity index (χ4v) is 3.43. The first kappa shape index (κ1) is 15.0. The van der Waals surface area contributed by atoms with Crippen LogP contribution in [-0.4, -0.2) is 29.8 Å². The van der Waals surface area contributed by atoms with Gasteiger partial charge in [-0.1, -0.05) is 20.8 Å². The third-order valence-electron chi connectivity index (χ3n) is 4.94. The number of rotatable bonds is 5. The van der Waals surface area contributed by atoms with E-state index >= 15 is 0 Å². The van der Waals surface area contributed by atoms with Crippen molar-refractivity contribution in [3.63, 3.8) is 0 Å². The van der Waals surface area contributed by atoms with Crippen LogP contribution in [0.3, 0.4) is 0 Å². The molecule has 1 aromatic heterocycles. The maximum Gasteiger partial charge on any atom is 0.114 e. The van der Waals surface area contributed by atoms with E-state index in [9.17, 15) is 0 Å². The monoisotopic (exact) mass is 291 g/mol. The predicted octanol–water partition coefficient (Wildman–Crippen LogP) is 2.64. The van der Waals surface area contributed by atoms with Crippen LogP contribution < -0.4 is 5.32 Å². The number of fused-ring (bicyclic) bond motifs is 1. The van der Waals surface area contributed by atoms with Gasteiger partial charge in [-0.3, -0.25) is 0 Å². The van der Waals surface area contributed by atoms with Crippen LogP contribution in [0.25, 0.3) is 0 Å². The number of nitrogens with zero attached hydrogens (tertiary/aromatic N) is 2. The van der Waals surface area contributed by atoms with Gasteiger partial charge in [-0.05, 0) is 24.7 Å². The van der Waals surface area contributed by atoms with Crippen LogP contribution in [0.1, 0.15) is 57.2 Å². The second-order valence-electron chi connectivity index (χ2n) is 7.83. The lowest BCUT2D eigenvalue weighted by atomic mass is 9.94. The molecule has 2 aliphatic rings. The van der Waals surface area contributed by atoms with Crippen LogP contribution in [0.5, 0.6) is 0 Å². The summed E-state index contributed by atoms with van der Waals surface area (Å²) in [5, 5.41) is 3.45. The Morgan fingerprint density at radius 2 is 2.10 bits per heavy atom. The van der Waals surface area contributed by atoms with Crippen LogP contribution in [0.15, 0.2) is 0 Å². The van der Waals surface area contributed by atoms with Crippen molar-refractivity contribution in [3.8, 4) is 0 Å². The van der Waals surface area contributed by atoms with E-state index in [4.69, 9.17) is 9.72 Å². The molecule has 1 saturated carbocycles. The van der Waals surface area contributed by atoms with Gasteiger partial charge in [0.05, 0.1) is 5.69 Å². The first-order valence-electron chi connectivity index (χ1n) is 8.24. The number of methoxy groups -OCH3 is 1. The van der Waals surface area contributed by atoms with Gasteiger partial charge >= 0.3 is 0 Å². The normalized spacial score (nSPS) is 20.4. The summed E-state index contributed by atoms with van der Waals surface area (Å²) in [6.45, 7) is 10.8. The van der Waals surface area contributed by atoms with Crippen molar-refractivity contribution < 1.29 is 4.74 Å². The van der Waals surface area contributed by atoms with Crippen LogP contribution in [0.4, 0.5) is 0 Å². The lowest BCUT2D eigenvalue weighted by molar-refractivity contribution is 0.165. The molecule has 1 aliphatic heterocycles. The molecular weight excluding hydrogens is 262 g/mol. The summed E-state index contributed by atoms with van der Waals surface area (Å²) in [5.41, 5.74) is 3.32. The van der Waals surface area contributed by atoms with Crippen molar-refractivity contribution in [2.75, 3.05) is 20.3 Å². The Hall–Kier alpha value is -0.870. The molecule has 3 rings (SSSR count). The Balaban J connectivity index is 1.91. The summed E-state index contributed by atoms with van der Waals surface area (Å²) in [5.74, 6) is 1.26. The molecule has 1 N–H and O–H groups in total. The van der Waals surface area contributed by atoms with Crippen molar-refractivity contribution in [2.45, 2.75) is 65.0 Å². The second-order valence-corrected chi connectivity index (χ2v) is 7.83. The van der Waals surface area contributed by atoms with Crippen molar-refractivity contribution >= 4 is 0 Å². The minimum Gasteiger partial charge on any atom is -0.385 e. The Kier molecular flexibility index (Phi) is 3.87. The van der Waals surface area contributed by atoms with Crippen LogP contribution in [0.2, 0.25) is 0 Å². The molecule has 1 aliphatic carbocycles. The number of ether oxygens (including phenoxy) is 1. The zero-order chi connectivity index (χ0) is 15.1. The van der Waals surface area contributed by atoms with E-state index in [1.165, 1.54) is 36.5 Å². The Morgan fingerprint density at radius 3 is 2.71 bits per heavy atom. The van der Waals surface area contributed by atoms with Crippen LogP contribution in [0, 0.1) is 5.41 Å². The fourth-order valence-electron chi connectivity index (χ4n) is 3.43. The molecular formula is C17H29N3O. The Labute approximate surface area is 128 Å². The van der Waals surface area contributed by atoms with Gasteiger partial charge in [-0.2, -0.15) is 0 Å². The van der Waals surface area contributed by atoms with Crippen molar-refractivity contribution in [2.24, 2.45) is 5.41 Å². The number of hydrogen-bond acceptors (Lipinski definition) is 3. The molecule has 21 heavy (non-hydrogen) atoms. The Morgan fingerprint density at radius 1 is 1.33 bits per heavy atom. The highest BCUT2D eigenvalue weighted by atomic mass is 16.5. The molecule has 0 spiro atoms. The SMILES string of the molecule is COCCC1(Cn2c(C(C)(C)C)nc3c2CCNC3)CC1. The third-order valence-corrected chi connectivity index (χ3v) is 4.94. The van der Waals surface area contributed by atoms with Crippen LogP contribution in [-0.2, 0) is 29.7 Å². The smallest absolute Gasteiger partial charge is 0.114 e. The summed E-state index contributed by atoms with van der Waals surface area (Å²) in [6, 6.07) is 0. The maximum atomic E-state index is 5.31. The van der Waals surface area contributed by atoms with Gasteiger partial charge in [0.1, 0.15) is 5.82 Å². The van der Waals surface area contributed by atoms with E-state index in [2.05, 4.69) is 30.7 Å². The molecule has 0 atom stereocenters. The van der Waals surface area contributed by atoms with Crippen LogP contribution >= 0.6 is 0 Å². The van der Waals surface area contributed by atoms with E-state index < -0.39 is 0 Å². The first-order chi connectivity index (χ1) is 9.95. The van der Waals surface area contributed by atoms with E-state index in [1.807, 2.05) is 0 Å². The van der Waals surface area contributed by atoms with E-state index in [1.54, 1.807) is 7.11 Å². The zero-order valence-electron chi connectivity index (χ0n) is 14.0. The topological polar surface area (TPSA) is 39.1 Å². The van der Waals surface area contributed by atoms with Gasteiger partial charge in [0.25, 0.3) is 0 Å². The zero-order valence-corrected chi connectivity index (χ0v) is 14.0. The highest BCUT2D eigenvalue weighted by molar-refractivity contribution is 5.24. The maximum absolute atomic E-state index is 5.31. The van der Waals surface area contributed by atoms with Crippen molar-refractivity contribution in [3.05, 3.63) is 17.2 Å². The molecule has 118 valence electrons. The number of nitrogens with one attached hydrogen (secondary N) is 1. The summed E-state index contributed by atoms with van der Waals surface area (Å²) in [7, 11) is 1.81. The number of imidazole rings is 1. The number of aromatic nitrogens is 2. The molecule has 2 heterocycles. The van der Waals surface area contributed by atoms with Gasteiger partial charge in [0.15, 0.2) is 0 Å². The molecule has 0 saturated heterocycles. The van der Waals surface area contributed by atoms with Gasteiger partial charge in [0.2, 0.25) is 0 Å². The minimum absolute atomic E-state index is 0.106. The van der Waals surface area contributed by atoms with Gasteiger partial charge in [0, 0.05) is 50.9 Å². The van der Waals surface area contributed by atoms with Gasteiger partial charge in [-0.15, -0.1) is 0 Å². The van der Waals surface area contributed by atoms with E-state index in [0.29, 0.717) is 5.41 Å². The van der Waals surface area contributed by atoms with E-state index in [-0.39, 0.29) is 5.41 Å². The molecule has 0 bridgehead atoms. The quantitative estimate of drug-likeness (QED) is 0.906. The van der Waals surface area contributed by atoms with Gasteiger partial charge in [-0.25, -0.2) is 4.98 Å². The lowest BCUT2D eigenvalue weighted by Crippen LogP contribution is -2.27. The molecule has 0 amide bonds.